The van der Waals surface area contributed by atoms with Crippen molar-refractivity contribution in [3.8, 4) is 0 Å². The second-order valence-electron chi connectivity index (χ2n) is 4.23. The van der Waals surface area contributed by atoms with E-state index in [4.69, 9.17) is 0 Å². The van der Waals surface area contributed by atoms with E-state index in [0.29, 0.717) is 17.6 Å². The molecule has 5 nitrogen and oxygen atoms in total. The van der Waals surface area contributed by atoms with Crippen LogP contribution in [0.1, 0.15) is 30.9 Å². The standard InChI is InChI=1S/C13H13NO4/c15-12-7-2-1-6-11(12)13(16)9-4-3-5-10(8-9)14(17)18/h3-6,8,13,16H,1-2,7H2/t13-/m0/s1. The van der Waals surface area contributed by atoms with Crippen molar-refractivity contribution in [1.82, 2.24) is 0 Å². The lowest BCUT2D eigenvalue weighted by molar-refractivity contribution is -0.385. The van der Waals surface area contributed by atoms with Gasteiger partial charge in [0, 0.05) is 24.1 Å². The molecule has 1 aliphatic rings. The van der Waals surface area contributed by atoms with Gasteiger partial charge in [-0.2, -0.15) is 0 Å². The minimum Gasteiger partial charge on any atom is -0.384 e. The lowest BCUT2D eigenvalue weighted by Crippen LogP contribution is -2.14. The molecule has 0 aromatic heterocycles. The highest BCUT2D eigenvalue weighted by Gasteiger charge is 2.23. The van der Waals surface area contributed by atoms with E-state index < -0.39 is 11.0 Å². The van der Waals surface area contributed by atoms with Gasteiger partial charge in [-0.15, -0.1) is 0 Å². The van der Waals surface area contributed by atoms with Crippen LogP contribution in [0, 0.1) is 10.1 Å². The minimum absolute atomic E-state index is 0.0831. The molecule has 0 saturated carbocycles. The van der Waals surface area contributed by atoms with Crippen molar-refractivity contribution in [3.05, 3.63) is 51.6 Å². The van der Waals surface area contributed by atoms with Crippen LogP contribution in [0.5, 0.6) is 0 Å². The van der Waals surface area contributed by atoms with Gasteiger partial charge in [0.2, 0.25) is 0 Å². The van der Waals surface area contributed by atoms with Crippen LogP contribution in [0.2, 0.25) is 0 Å². The summed E-state index contributed by atoms with van der Waals surface area (Å²) in [7, 11) is 0. The molecule has 5 heteroatoms. The molecule has 0 aliphatic heterocycles. The van der Waals surface area contributed by atoms with E-state index in [9.17, 15) is 20.0 Å². The molecule has 94 valence electrons. The summed E-state index contributed by atoms with van der Waals surface area (Å²) in [5.41, 5.74) is 0.642. The molecule has 1 atom stereocenters. The maximum Gasteiger partial charge on any atom is 0.269 e. The number of carbonyl (C=O) groups is 1. The van der Waals surface area contributed by atoms with E-state index in [2.05, 4.69) is 0 Å². The lowest BCUT2D eigenvalue weighted by atomic mass is 9.90. The van der Waals surface area contributed by atoms with Crippen molar-refractivity contribution < 1.29 is 14.8 Å². The summed E-state index contributed by atoms with van der Waals surface area (Å²) in [5.74, 6) is -0.0831. The second-order valence-corrected chi connectivity index (χ2v) is 4.23. The summed E-state index contributed by atoms with van der Waals surface area (Å²) in [6, 6.07) is 5.74. The summed E-state index contributed by atoms with van der Waals surface area (Å²) in [5, 5.41) is 20.8. The number of non-ortho nitro benzene ring substituents is 1. The lowest BCUT2D eigenvalue weighted by Gasteiger charge is -2.17. The summed E-state index contributed by atoms with van der Waals surface area (Å²) in [4.78, 5) is 21.8. The van der Waals surface area contributed by atoms with Gasteiger partial charge in [-0.25, -0.2) is 0 Å². The zero-order chi connectivity index (χ0) is 13.1. The van der Waals surface area contributed by atoms with Crippen LogP contribution >= 0.6 is 0 Å². The number of Topliss-reactive ketones (excluding diaryl/α,β-unsaturated/α-hetero) is 1. The smallest absolute Gasteiger partial charge is 0.269 e. The number of benzene rings is 1. The maximum atomic E-state index is 11.7. The summed E-state index contributed by atoms with van der Waals surface area (Å²) < 4.78 is 0. The molecular weight excluding hydrogens is 234 g/mol. The number of nitrogens with zero attached hydrogens (tertiary/aromatic N) is 1. The van der Waals surface area contributed by atoms with Crippen molar-refractivity contribution in [2.45, 2.75) is 25.4 Å². The van der Waals surface area contributed by atoms with Crippen LogP contribution in [-0.4, -0.2) is 15.8 Å². The fourth-order valence-corrected chi connectivity index (χ4v) is 2.03. The van der Waals surface area contributed by atoms with Gasteiger partial charge in [-0.3, -0.25) is 14.9 Å². The molecule has 1 aromatic carbocycles. The number of nitro benzene ring substituents is 1. The molecule has 2 rings (SSSR count). The third-order valence-corrected chi connectivity index (χ3v) is 2.99. The third-order valence-electron chi connectivity index (χ3n) is 2.99. The molecule has 0 saturated heterocycles. The predicted molar refractivity (Wildman–Crippen MR) is 65.0 cm³/mol. The number of aliphatic hydroxyl groups excluding tert-OH is 1. The largest absolute Gasteiger partial charge is 0.384 e. The van der Waals surface area contributed by atoms with Crippen molar-refractivity contribution in [2.75, 3.05) is 0 Å². The highest BCUT2D eigenvalue weighted by Crippen LogP contribution is 2.29. The average molecular weight is 247 g/mol. The number of rotatable bonds is 3. The van der Waals surface area contributed by atoms with E-state index in [1.165, 1.54) is 18.2 Å². The molecule has 18 heavy (non-hydrogen) atoms. The van der Waals surface area contributed by atoms with Crippen LogP contribution in [-0.2, 0) is 4.79 Å². The molecule has 0 fully saturated rings. The number of carbonyl (C=O) groups excluding carboxylic acids is 1. The second kappa shape index (κ2) is 5.10. The Morgan fingerprint density at radius 2 is 2.17 bits per heavy atom. The van der Waals surface area contributed by atoms with Crippen molar-refractivity contribution in [3.63, 3.8) is 0 Å². The van der Waals surface area contributed by atoms with Crippen molar-refractivity contribution in [1.29, 1.82) is 0 Å². The summed E-state index contributed by atoms with van der Waals surface area (Å²) in [6.07, 6.45) is 2.63. The first-order valence-electron chi connectivity index (χ1n) is 5.75. The number of aliphatic hydroxyl groups is 1. The zero-order valence-electron chi connectivity index (χ0n) is 9.70. The van der Waals surface area contributed by atoms with Gasteiger partial charge in [0.15, 0.2) is 5.78 Å². The highest BCUT2D eigenvalue weighted by atomic mass is 16.6. The van der Waals surface area contributed by atoms with E-state index in [1.54, 1.807) is 12.1 Å². The van der Waals surface area contributed by atoms with Gasteiger partial charge in [0.05, 0.1) is 4.92 Å². The van der Waals surface area contributed by atoms with Gasteiger partial charge in [-0.1, -0.05) is 18.2 Å². The van der Waals surface area contributed by atoms with Gasteiger partial charge < -0.3 is 5.11 Å². The zero-order valence-corrected chi connectivity index (χ0v) is 9.70. The fourth-order valence-electron chi connectivity index (χ4n) is 2.03. The first-order chi connectivity index (χ1) is 8.59. The molecule has 1 aliphatic carbocycles. The predicted octanol–water partition coefficient (Wildman–Crippen LogP) is 2.31. The Balaban J connectivity index is 2.31. The summed E-state index contributed by atoms with van der Waals surface area (Å²) in [6.45, 7) is 0. The molecule has 0 heterocycles. The third kappa shape index (κ3) is 2.46. The minimum atomic E-state index is -1.07. The van der Waals surface area contributed by atoms with Crippen LogP contribution in [0.4, 0.5) is 5.69 Å². The van der Waals surface area contributed by atoms with Gasteiger partial charge in [0.1, 0.15) is 6.10 Å². The molecule has 0 bridgehead atoms. The van der Waals surface area contributed by atoms with Crippen LogP contribution in [0.3, 0.4) is 0 Å². The number of hydrogen-bond donors (Lipinski definition) is 1. The molecular formula is C13H13NO4. The van der Waals surface area contributed by atoms with E-state index in [0.717, 1.165) is 12.8 Å². The Labute approximate surface area is 104 Å². The van der Waals surface area contributed by atoms with Crippen molar-refractivity contribution >= 4 is 11.5 Å². The van der Waals surface area contributed by atoms with E-state index in [1.807, 2.05) is 0 Å². The first kappa shape index (κ1) is 12.4. The maximum absolute atomic E-state index is 11.7. The highest BCUT2D eigenvalue weighted by molar-refractivity contribution is 5.97. The molecule has 0 spiro atoms. The number of nitro groups is 1. The Bertz CT molecular complexity index is 521. The number of allylic oxidation sites excluding steroid dienone is 1. The summed E-state index contributed by atoms with van der Waals surface area (Å²) >= 11 is 0. The topological polar surface area (TPSA) is 80.4 Å². The Kier molecular flexibility index (Phi) is 3.53. The quantitative estimate of drug-likeness (QED) is 0.656. The number of ketones is 1. The van der Waals surface area contributed by atoms with Crippen molar-refractivity contribution in [2.24, 2.45) is 0 Å². The fraction of sp³-hybridized carbons (Fsp3) is 0.308. The van der Waals surface area contributed by atoms with Crippen LogP contribution < -0.4 is 0 Å². The normalized spacial score (nSPS) is 17.2. The Hall–Kier alpha value is -2.01. The molecule has 0 radical (unpaired) electrons. The molecule has 1 aromatic rings. The molecule has 0 amide bonds. The molecule has 0 unspecified atom stereocenters. The molecule has 1 N–H and O–H groups in total. The van der Waals surface area contributed by atoms with Crippen LogP contribution in [0.25, 0.3) is 0 Å². The van der Waals surface area contributed by atoms with Gasteiger partial charge in [0.25, 0.3) is 5.69 Å². The Morgan fingerprint density at radius 3 is 2.83 bits per heavy atom. The van der Waals surface area contributed by atoms with E-state index >= 15 is 0 Å². The van der Waals surface area contributed by atoms with Gasteiger partial charge in [-0.05, 0) is 18.4 Å². The monoisotopic (exact) mass is 247 g/mol. The first-order valence-corrected chi connectivity index (χ1v) is 5.75. The van der Waals surface area contributed by atoms with Crippen LogP contribution in [0.15, 0.2) is 35.9 Å². The van der Waals surface area contributed by atoms with Gasteiger partial charge >= 0.3 is 0 Å². The average Bonchev–Trinajstić information content (AvgIpc) is 2.38. The number of hydrogen-bond acceptors (Lipinski definition) is 4. The Morgan fingerprint density at radius 1 is 1.39 bits per heavy atom. The SMILES string of the molecule is O=C1CCCC=C1[C@@H](O)c1cccc([N+](=O)[O-])c1. The van der Waals surface area contributed by atoms with E-state index in [-0.39, 0.29) is 11.5 Å².